The molecule has 0 aliphatic rings. The predicted molar refractivity (Wildman–Crippen MR) is 88.6 cm³/mol. The van der Waals surface area contributed by atoms with Crippen molar-refractivity contribution in [3.05, 3.63) is 33.8 Å². The van der Waals surface area contributed by atoms with Crippen LogP contribution < -0.4 is 5.43 Å². The lowest BCUT2D eigenvalue weighted by Crippen LogP contribution is -2.30. The Morgan fingerprint density at radius 3 is 2.50 bits per heavy atom. The smallest absolute Gasteiger partial charge is 0.428 e. The summed E-state index contributed by atoms with van der Waals surface area (Å²) in [5, 5.41) is 4.87. The molecule has 0 aromatic heterocycles. The molecule has 0 bridgehead atoms. The van der Waals surface area contributed by atoms with E-state index in [1.807, 2.05) is 13.0 Å². The molecule has 1 aromatic carbocycles. The number of hydrazone groups is 1. The van der Waals surface area contributed by atoms with Gasteiger partial charge in [-0.15, -0.1) is 5.10 Å². The zero-order chi connectivity index (χ0) is 16.8. The van der Waals surface area contributed by atoms with Crippen molar-refractivity contribution in [1.29, 1.82) is 0 Å². The second-order valence-corrected chi connectivity index (χ2v) is 6.29. The summed E-state index contributed by atoms with van der Waals surface area (Å²) in [6.45, 7) is 7.58. The predicted octanol–water partition coefficient (Wildman–Crippen LogP) is 4.41. The quantitative estimate of drug-likeness (QED) is 0.499. The van der Waals surface area contributed by atoms with Gasteiger partial charge in [-0.05, 0) is 45.4 Å². The molecule has 1 rings (SSSR count). The van der Waals surface area contributed by atoms with Gasteiger partial charge in [0.2, 0.25) is 5.90 Å². The van der Waals surface area contributed by atoms with Crippen LogP contribution in [-0.4, -0.2) is 24.2 Å². The highest BCUT2D eigenvalue weighted by molar-refractivity contribution is 6.42. The second-order valence-electron chi connectivity index (χ2n) is 5.48. The van der Waals surface area contributed by atoms with E-state index in [1.54, 1.807) is 32.9 Å². The maximum Gasteiger partial charge on any atom is 0.428 e. The monoisotopic (exact) mass is 346 g/mol. The standard InChI is InChI=1S/C15H20Cl2N2O3/c1-5-21-13(18-19-14(20)22-15(2,3)4)9-10-6-7-11(16)12(17)8-10/h6-8H,5,9H2,1-4H3,(H,19,20)/b18-13+. The van der Waals surface area contributed by atoms with E-state index in [-0.39, 0.29) is 0 Å². The Labute approximate surface area is 140 Å². The molecule has 1 aromatic rings. The fourth-order valence-electron chi connectivity index (χ4n) is 1.52. The van der Waals surface area contributed by atoms with Gasteiger partial charge in [-0.25, -0.2) is 10.2 Å². The molecule has 0 spiro atoms. The summed E-state index contributed by atoms with van der Waals surface area (Å²) in [6.07, 6.45) is -0.264. The van der Waals surface area contributed by atoms with Gasteiger partial charge in [-0.2, -0.15) is 0 Å². The maximum absolute atomic E-state index is 11.6. The van der Waals surface area contributed by atoms with E-state index < -0.39 is 11.7 Å². The summed E-state index contributed by atoms with van der Waals surface area (Å²) < 4.78 is 10.5. The Bertz CT molecular complexity index is 554. The lowest BCUT2D eigenvalue weighted by Gasteiger charge is -2.18. The third-order valence-electron chi connectivity index (χ3n) is 2.32. The molecule has 0 aliphatic carbocycles. The Morgan fingerprint density at radius 2 is 1.95 bits per heavy atom. The summed E-state index contributed by atoms with van der Waals surface area (Å²) >= 11 is 11.8. The summed E-state index contributed by atoms with van der Waals surface area (Å²) in [4.78, 5) is 11.6. The highest BCUT2D eigenvalue weighted by Crippen LogP contribution is 2.23. The van der Waals surface area contributed by atoms with Crippen molar-refractivity contribution in [1.82, 2.24) is 5.43 Å². The Balaban J connectivity index is 2.73. The van der Waals surface area contributed by atoms with E-state index in [0.29, 0.717) is 29.0 Å². The number of carbonyl (C=O) groups is 1. The average molecular weight is 347 g/mol. The van der Waals surface area contributed by atoms with Crippen molar-refractivity contribution in [2.75, 3.05) is 6.61 Å². The zero-order valence-electron chi connectivity index (χ0n) is 13.1. The van der Waals surface area contributed by atoms with Crippen LogP contribution in [0.2, 0.25) is 10.0 Å². The minimum absolute atomic E-state index is 0.353. The van der Waals surface area contributed by atoms with Crippen LogP contribution in [0.4, 0.5) is 4.79 Å². The molecule has 0 fully saturated rings. The van der Waals surface area contributed by atoms with Crippen molar-refractivity contribution in [3.63, 3.8) is 0 Å². The number of benzene rings is 1. The van der Waals surface area contributed by atoms with Gasteiger partial charge >= 0.3 is 6.09 Å². The first-order valence-corrected chi connectivity index (χ1v) is 7.59. The van der Waals surface area contributed by atoms with E-state index >= 15 is 0 Å². The van der Waals surface area contributed by atoms with Crippen LogP contribution >= 0.6 is 23.2 Å². The fourth-order valence-corrected chi connectivity index (χ4v) is 1.84. The van der Waals surface area contributed by atoms with Gasteiger partial charge in [0.25, 0.3) is 0 Å². The minimum Gasteiger partial charge on any atom is -0.480 e. The second kappa shape index (κ2) is 8.25. The SMILES string of the molecule is CCO/C(Cc1ccc(Cl)c(Cl)c1)=N/NC(=O)OC(C)(C)C. The number of nitrogens with one attached hydrogen (secondary N) is 1. The first-order valence-electron chi connectivity index (χ1n) is 6.83. The molecule has 0 atom stereocenters. The summed E-state index contributed by atoms with van der Waals surface area (Å²) in [5.74, 6) is 0.353. The molecule has 1 amide bonds. The van der Waals surface area contributed by atoms with Crippen LogP contribution in [0, 0.1) is 0 Å². The topological polar surface area (TPSA) is 59.9 Å². The van der Waals surface area contributed by atoms with Crippen molar-refractivity contribution in [3.8, 4) is 0 Å². The molecular weight excluding hydrogens is 327 g/mol. The molecule has 0 unspecified atom stereocenters. The number of hydrogen-bond acceptors (Lipinski definition) is 4. The van der Waals surface area contributed by atoms with E-state index in [0.717, 1.165) is 5.56 Å². The number of halogens is 2. The van der Waals surface area contributed by atoms with Crippen LogP contribution in [0.1, 0.15) is 33.3 Å². The van der Waals surface area contributed by atoms with Crippen LogP contribution in [0.5, 0.6) is 0 Å². The number of hydrogen-bond donors (Lipinski definition) is 1. The van der Waals surface area contributed by atoms with Gasteiger partial charge in [0.15, 0.2) is 0 Å². The molecule has 0 aliphatic heterocycles. The highest BCUT2D eigenvalue weighted by Gasteiger charge is 2.16. The van der Waals surface area contributed by atoms with E-state index in [4.69, 9.17) is 32.7 Å². The maximum atomic E-state index is 11.6. The third-order valence-corrected chi connectivity index (χ3v) is 3.06. The lowest BCUT2D eigenvalue weighted by atomic mass is 10.1. The molecule has 0 saturated heterocycles. The third kappa shape index (κ3) is 7.00. The summed E-state index contributed by atoms with van der Waals surface area (Å²) in [5.41, 5.74) is 2.59. The van der Waals surface area contributed by atoms with Crippen molar-refractivity contribution in [2.24, 2.45) is 5.10 Å². The molecule has 0 saturated carbocycles. The van der Waals surface area contributed by atoms with Gasteiger partial charge in [0.05, 0.1) is 23.1 Å². The van der Waals surface area contributed by atoms with Crippen molar-refractivity contribution >= 4 is 35.2 Å². The summed E-state index contributed by atoms with van der Waals surface area (Å²) in [6, 6.07) is 5.24. The molecule has 0 radical (unpaired) electrons. The van der Waals surface area contributed by atoms with Crippen LogP contribution in [0.3, 0.4) is 0 Å². The minimum atomic E-state index is -0.640. The number of carbonyl (C=O) groups excluding carboxylic acids is 1. The molecular formula is C15H20Cl2N2O3. The Kier molecular flexibility index (Phi) is 6.97. The first-order chi connectivity index (χ1) is 10.2. The molecule has 1 N–H and O–H groups in total. The Hall–Kier alpha value is -1.46. The molecule has 122 valence electrons. The molecule has 5 nitrogen and oxygen atoms in total. The van der Waals surface area contributed by atoms with Crippen molar-refractivity contribution in [2.45, 2.75) is 39.7 Å². The first kappa shape index (κ1) is 18.6. The van der Waals surface area contributed by atoms with Crippen LogP contribution in [-0.2, 0) is 15.9 Å². The average Bonchev–Trinajstić information content (AvgIpc) is 2.38. The fraction of sp³-hybridized carbons (Fsp3) is 0.467. The normalized spacial score (nSPS) is 12.0. The van der Waals surface area contributed by atoms with Gasteiger partial charge in [0, 0.05) is 0 Å². The van der Waals surface area contributed by atoms with E-state index in [9.17, 15) is 4.79 Å². The van der Waals surface area contributed by atoms with Gasteiger partial charge in [-0.1, -0.05) is 29.3 Å². The largest absolute Gasteiger partial charge is 0.480 e. The van der Waals surface area contributed by atoms with Gasteiger partial charge in [-0.3, -0.25) is 0 Å². The molecule has 7 heteroatoms. The Morgan fingerprint density at radius 1 is 1.27 bits per heavy atom. The molecule has 22 heavy (non-hydrogen) atoms. The number of ether oxygens (including phenoxy) is 2. The van der Waals surface area contributed by atoms with Gasteiger partial charge in [0.1, 0.15) is 5.60 Å². The summed E-state index contributed by atoms with van der Waals surface area (Å²) in [7, 11) is 0. The van der Waals surface area contributed by atoms with Crippen LogP contribution in [0.15, 0.2) is 23.3 Å². The van der Waals surface area contributed by atoms with E-state index in [2.05, 4.69) is 10.5 Å². The van der Waals surface area contributed by atoms with Crippen molar-refractivity contribution < 1.29 is 14.3 Å². The highest BCUT2D eigenvalue weighted by atomic mass is 35.5. The molecule has 0 heterocycles. The van der Waals surface area contributed by atoms with Crippen LogP contribution in [0.25, 0.3) is 0 Å². The van der Waals surface area contributed by atoms with E-state index in [1.165, 1.54) is 0 Å². The van der Waals surface area contributed by atoms with Gasteiger partial charge < -0.3 is 9.47 Å². The number of amides is 1. The number of nitrogens with zero attached hydrogens (tertiary/aromatic N) is 1. The lowest BCUT2D eigenvalue weighted by molar-refractivity contribution is 0.0527. The zero-order valence-corrected chi connectivity index (χ0v) is 14.6. The number of rotatable bonds is 4.